The summed E-state index contributed by atoms with van der Waals surface area (Å²) in [6, 6.07) is 0. The molecule has 0 aromatic carbocycles. The van der Waals surface area contributed by atoms with E-state index in [1.807, 2.05) is 0 Å². The summed E-state index contributed by atoms with van der Waals surface area (Å²) >= 11 is 5.12. The molecule has 1 fully saturated rings. The molecule has 0 amide bonds. The van der Waals surface area contributed by atoms with Crippen LogP contribution in [0.25, 0.3) is 0 Å². The van der Waals surface area contributed by atoms with Gasteiger partial charge in [-0.15, -0.1) is 0 Å². The van der Waals surface area contributed by atoms with Gasteiger partial charge in [0.15, 0.2) is 0 Å². The molecule has 0 radical (unpaired) electrons. The zero-order valence-corrected chi connectivity index (χ0v) is 8.52. The van der Waals surface area contributed by atoms with Crippen LogP contribution in [0.5, 0.6) is 0 Å². The van der Waals surface area contributed by atoms with Crippen molar-refractivity contribution in [3.05, 3.63) is 0 Å². The predicted molar refractivity (Wildman–Crippen MR) is 40.3 cm³/mol. The Morgan fingerprint density at radius 3 is 2.31 bits per heavy atom. The SMILES string of the molecule is O=P1(Cl)OCC(OS(=O)(=O)F)CO1. The lowest BCUT2D eigenvalue weighted by Crippen LogP contribution is -2.29. The molecule has 0 saturated carbocycles. The van der Waals surface area contributed by atoms with Crippen molar-refractivity contribution in [2.24, 2.45) is 0 Å². The Labute approximate surface area is 78.7 Å². The highest BCUT2D eigenvalue weighted by molar-refractivity contribution is 7.81. The Kier molecular flexibility index (Phi) is 3.32. The van der Waals surface area contributed by atoms with E-state index in [-0.39, 0.29) is 0 Å². The Hall–Kier alpha value is 0.280. The third kappa shape index (κ3) is 4.35. The fourth-order valence-corrected chi connectivity index (χ4v) is 2.19. The minimum Gasteiger partial charge on any atom is -0.294 e. The zero-order valence-electron chi connectivity index (χ0n) is 6.05. The quantitative estimate of drug-likeness (QED) is 0.540. The van der Waals surface area contributed by atoms with Crippen molar-refractivity contribution in [3.63, 3.8) is 0 Å². The molecule has 0 bridgehead atoms. The molecule has 13 heavy (non-hydrogen) atoms. The van der Waals surface area contributed by atoms with Gasteiger partial charge >= 0.3 is 17.5 Å². The average Bonchev–Trinajstić information content (AvgIpc) is 1.91. The molecule has 0 aromatic heterocycles. The molecule has 10 heteroatoms. The Bertz CT molecular complexity index is 317. The van der Waals surface area contributed by atoms with Gasteiger partial charge in [0.05, 0.1) is 13.2 Å². The van der Waals surface area contributed by atoms with Crippen LogP contribution < -0.4 is 0 Å². The average molecular weight is 255 g/mol. The summed E-state index contributed by atoms with van der Waals surface area (Å²) in [5.41, 5.74) is 0. The first-order chi connectivity index (χ1) is 5.79. The van der Waals surface area contributed by atoms with E-state index in [0.29, 0.717) is 0 Å². The van der Waals surface area contributed by atoms with E-state index in [1.165, 1.54) is 0 Å². The zero-order chi connectivity index (χ0) is 10.1. The minimum atomic E-state index is -5.05. The summed E-state index contributed by atoms with van der Waals surface area (Å²) in [6.45, 7) is -4.41. The van der Waals surface area contributed by atoms with Gasteiger partial charge in [0.2, 0.25) is 0 Å². The van der Waals surface area contributed by atoms with Crippen LogP contribution in [-0.4, -0.2) is 27.7 Å². The van der Waals surface area contributed by atoms with E-state index in [0.717, 1.165) is 0 Å². The predicted octanol–water partition coefficient (Wildman–Crippen LogP) is 0.980. The van der Waals surface area contributed by atoms with E-state index >= 15 is 0 Å². The maximum absolute atomic E-state index is 11.9. The van der Waals surface area contributed by atoms with Crippen molar-refractivity contribution in [3.8, 4) is 0 Å². The molecule has 0 N–H and O–H groups in total. The van der Waals surface area contributed by atoms with Crippen LogP contribution >= 0.6 is 18.2 Å². The van der Waals surface area contributed by atoms with E-state index in [9.17, 15) is 16.9 Å². The molecule has 1 rings (SSSR count). The van der Waals surface area contributed by atoms with Gasteiger partial charge < -0.3 is 0 Å². The fourth-order valence-electron chi connectivity index (χ4n) is 0.648. The number of hydrogen-bond acceptors (Lipinski definition) is 6. The molecular weight excluding hydrogens is 250 g/mol. The Morgan fingerprint density at radius 2 is 1.92 bits per heavy atom. The summed E-state index contributed by atoms with van der Waals surface area (Å²) in [5.74, 6) is 0. The largest absolute Gasteiger partial charge is 0.437 e. The molecule has 0 aliphatic carbocycles. The molecule has 1 aliphatic rings. The Morgan fingerprint density at radius 1 is 1.46 bits per heavy atom. The van der Waals surface area contributed by atoms with Crippen molar-refractivity contribution in [1.29, 1.82) is 0 Å². The molecule has 0 unspecified atom stereocenters. The summed E-state index contributed by atoms with van der Waals surface area (Å²) in [5, 5.41) is 0. The second-order valence-electron chi connectivity index (χ2n) is 2.13. The Balaban J connectivity index is 2.47. The van der Waals surface area contributed by atoms with Crippen molar-refractivity contribution in [1.82, 2.24) is 0 Å². The van der Waals surface area contributed by atoms with Gasteiger partial charge in [-0.1, -0.05) is 3.89 Å². The molecular formula is C3H5ClFO6PS. The highest BCUT2D eigenvalue weighted by Gasteiger charge is 2.33. The van der Waals surface area contributed by atoms with Gasteiger partial charge in [-0.05, 0) is 0 Å². The second kappa shape index (κ2) is 3.80. The molecule has 6 nitrogen and oxygen atoms in total. The first-order valence-electron chi connectivity index (χ1n) is 3.00. The van der Waals surface area contributed by atoms with Crippen molar-refractivity contribution in [2.45, 2.75) is 6.10 Å². The smallest absolute Gasteiger partial charge is 0.294 e. The van der Waals surface area contributed by atoms with Gasteiger partial charge in [0.25, 0.3) is 0 Å². The summed E-state index contributed by atoms with van der Waals surface area (Å²) in [6.07, 6.45) is -1.16. The molecule has 1 heterocycles. The van der Waals surface area contributed by atoms with Crippen LogP contribution in [0.3, 0.4) is 0 Å². The summed E-state index contributed by atoms with van der Waals surface area (Å²) in [7, 11) is -5.05. The van der Waals surface area contributed by atoms with Crippen LogP contribution in [0, 0.1) is 0 Å². The number of hydrogen-bond donors (Lipinski definition) is 0. The van der Waals surface area contributed by atoms with Crippen LogP contribution in [0.2, 0.25) is 0 Å². The highest BCUT2D eigenvalue weighted by atomic mass is 35.7. The van der Waals surface area contributed by atoms with Crippen molar-refractivity contribution in [2.75, 3.05) is 13.2 Å². The highest BCUT2D eigenvalue weighted by Crippen LogP contribution is 2.55. The van der Waals surface area contributed by atoms with Gasteiger partial charge in [0, 0.05) is 11.2 Å². The fraction of sp³-hybridized carbons (Fsp3) is 1.00. The number of rotatable bonds is 2. The lowest BCUT2D eigenvalue weighted by molar-refractivity contribution is 0.0363. The molecule has 0 spiro atoms. The normalized spacial score (nSPS) is 36.0. The van der Waals surface area contributed by atoms with E-state index in [1.54, 1.807) is 0 Å². The van der Waals surface area contributed by atoms with Crippen LogP contribution in [0.4, 0.5) is 3.89 Å². The first-order valence-corrected chi connectivity index (χ1v) is 6.76. The monoisotopic (exact) mass is 254 g/mol. The standard InChI is InChI=1S/C3H5ClFO6PS/c4-12(6)9-1-3(2-10-12)11-13(5,7)8/h3H,1-2H2. The molecule has 0 atom stereocenters. The molecule has 0 aromatic rings. The molecule has 1 aliphatic heterocycles. The summed E-state index contributed by atoms with van der Waals surface area (Å²) in [4.78, 5) is 0. The number of halogens is 2. The van der Waals surface area contributed by atoms with Crippen molar-refractivity contribution >= 4 is 28.7 Å². The molecule has 1 saturated heterocycles. The van der Waals surface area contributed by atoms with Crippen LogP contribution in [0.15, 0.2) is 0 Å². The first kappa shape index (κ1) is 11.4. The van der Waals surface area contributed by atoms with Gasteiger partial charge in [0.1, 0.15) is 6.10 Å². The van der Waals surface area contributed by atoms with Crippen molar-refractivity contribution < 1.29 is 30.1 Å². The maximum atomic E-state index is 11.9. The van der Waals surface area contributed by atoms with E-state index < -0.39 is 36.8 Å². The minimum absolute atomic E-state index is 0.399. The third-order valence-electron chi connectivity index (χ3n) is 1.08. The van der Waals surface area contributed by atoms with Gasteiger partial charge in [-0.2, -0.15) is 8.42 Å². The van der Waals surface area contributed by atoms with Crippen LogP contribution in [-0.2, 0) is 28.3 Å². The van der Waals surface area contributed by atoms with Crippen LogP contribution in [0.1, 0.15) is 0 Å². The topological polar surface area (TPSA) is 78.9 Å². The van der Waals surface area contributed by atoms with E-state index in [4.69, 9.17) is 11.2 Å². The second-order valence-corrected chi connectivity index (χ2v) is 5.73. The maximum Gasteiger partial charge on any atom is 0.437 e. The lowest BCUT2D eigenvalue weighted by Gasteiger charge is -2.23. The lowest BCUT2D eigenvalue weighted by atomic mass is 10.4. The van der Waals surface area contributed by atoms with E-state index in [2.05, 4.69) is 13.2 Å². The third-order valence-corrected chi connectivity index (χ3v) is 3.08. The van der Waals surface area contributed by atoms with Gasteiger partial charge in [-0.25, -0.2) is 8.75 Å². The summed E-state index contributed by atoms with van der Waals surface area (Å²) < 4.78 is 55.2. The van der Waals surface area contributed by atoms with Gasteiger partial charge in [-0.3, -0.25) is 9.05 Å². The molecule has 78 valence electrons.